The number of nitrogens with two attached hydrogens (primary N) is 1. The standard InChI is InChI=1S/C28H28F3N7O/c1-18(32)17-36(2)23-14-13-22(33-27(23)39-3)25-34-26-24(19-9-11-20(12-10-19)28(29,30)31)37(15-16-38(26)35-25)21-7-5-4-6-8-21/h4-14,17,24H,15-16,32H2,1-3H3/b18-17-/t24-/m1/s1. The van der Waals surface area contributed by atoms with Crippen molar-refractivity contribution in [3.05, 3.63) is 95.6 Å². The van der Waals surface area contributed by atoms with Crippen molar-refractivity contribution in [1.29, 1.82) is 0 Å². The molecule has 1 aliphatic rings. The predicted octanol–water partition coefficient (Wildman–Crippen LogP) is 5.23. The number of anilines is 2. The zero-order chi connectivity index (χ0) is 27.7. The topological polar surface area (TPSA) is 85.3 Å². The molecule has 39 heavy (non-hydrogen) atoms. The van der Waals surface area contributed by atoms with Crippen LogP contribution in [0.1, 0.15) is 29.9 Å². The molecule has 0 amide bonds. The lowest BCUT2D eigenvalue weighted by atomic mass is 10.00. The third-order valence-electron chi connectivity index (χ3n) is 6.49. The van der Waals surface area contributed by atoms with Crippen molar-refractivity contribution in [1.82, 2.24) is 19.7 Å². The van der Waals surface area contributed by atoms with Crippen LogP contribution in [0.5, 0.6) is 5.88 Å². The second kappa shape index (κ2) is 10.3. The molecule has 0 spiro atoms. The Morgan fingerprint density at radius 3 is 2.38 bits per heavy atom. The summed E-state index contributed by atoms with van der Waals surface area (Å²) in [6.45, 7) is 2.93. The van der Waals surface area contributed by atoms with E-state index in [4.69, 9.17) is 20.6 Å². The van der Waals surface area contributed by atoms with E-state index in [9.17, 15) is 13.2 Å². The summed E-state index contributed by atoms with van der Waals surface area (Å²) in [6.07, 6.45) is -2.65. The first-order chi connectivity index (χ1) is 18.7. The lowest BCUT2D eigenvalue weighted by molar-refractivity contribution is -0.137. The SMILES string of the molecule is COc1nc(-c2nc3n(n2)CCN(c2ccccc2)[C@@H]3c2ccc(C(F)(F)F)cc2)ccc1N(C)/C=C(/C)N. The number of para-hydroxylation sites is 1. The number of methoxy groups -OCH3 is 1. The van der Waals surface area contributed by atoms with Crippen LogP contribution in [0.4, 0.5) is 24.5 Å². The number of nitrogens with zero attached hydrogens (tertiary/aromatic N) is 6. The van der Waals surface area contributed by atoms with E-state index in [2.05, 4.69) is 9.88 Å². The van der Waals surface area contributed by atoms with Gasteiger partial charge in [0.2, 0.25) is 5.88 Å². The van der Waals surface area contributed by atoms with Crippen LogP contribution in [0.2, 0.25) is 0 Å². The second-order valence-corrected chi connectivity index (χ2v) is 9.28. The summed E-state index contributed by atoms with van der Waals surface area (Å²) in [7, 11) is 3.38. The fraction of sp³-hybridized carbons (Fsp3) is 0.250. The Hall–Kier alpha value is -4.54. The van der Waals surface area contributed by atoms with Gasteiger partial charge < -0.3 is 20.3 Å². The first-order valence-electron chi connectivity index (χ1n) is 12.3. The maximum atomic E-state index is 13.3. The van der Waals surface area contributed by atoms with Crippen LogP contribution in [-0.2, 0) is 12.7 Å². The molecule has 0 unspecified atom stereocenters. The Morgan fingerprint density at radius 2 is 1.74 bits per heavy atom. The lowest BCUT2D eigenvalue weighted by Crippen LogP contribution is -2.39. The van der Waals surface area contributed by atoms with E-state index in [0.717, 1.165) is 17.8 Å². The van der Waals surface area contributed by atoms with Crippen LogP contribution in [0.3, 0.4) is 0 Å². The Kier molecular flexibility index (Phi) is 6.90. The minimum atomic E-state index is -4.42. The highest BCUT2D eigenvalue weighted by Gasteiger charge is 2.35. The van der Waals surface area contributed by atoms with Crippen molar-refractivity contribution >= 4 is 11.4 Å². The molecule has 5 rings (SSSR count). The molecule has 11 heteroatoms. The number of ether oxygens (including phenoxy) is 1. The number of hydrogen-bond acceptors (Lipinski definition) is 7. The van der Waals surface area contributed by atoms with Gasteiger partial charge in [0, 0.05) is 31.2 Å². The number of alkyl halides is 3. The Balaban J connectivity index is 1.57. The fourth-order valence-electron chi connectivity index (χ4n) is 4.73. The number of hydrogen-bond donors (Lipinski definition) is 1. The third kappa shape index (κ3) is 5.25. The van der Waals surface area contributed by atoms with Crippen LogP contribution in [0, 0.1) is 0 Å². The van der Waals surface area contributed by atoms with Crippen LogP contribution in [0.15, 0.2) is 78.6 Å². The van der Waals surface area contributed by atoms with Gasteiger partial charge in [0.05, 0.1) is 19.2 Å². The summed E-state index contributed by atoms with van der Waals surface area (Å²) in [5.74, 6) is 1.39. The van der Waals surface area contributed by atoms with Gasteiger partial charge in [0.1, 0.15) is 17.4 Å². The van der Waals surface area contributed by atoms with Gasteiger partial charge in [-0.1, -0.05) is 30.3 Å². The van der Waals surface area contributed by atoms with Gasteiger partial charge in [-0.25, -0.2) is 14.6 Å². The summed E-state index contributed by atoms with van der Waals surface area (Å²) in [6, 6.07) is 18.2. The molecule has 0 bridgehead atoms. The molecule has 0 radical (unpaired) electrons. The first-order valence-corrected chi connectivity index (χ1v) is 12.3. The van der Waals surface area contributed by atoms with Crippen molar-refractivity contribution in [2.75, 3.05) is 30.5 Å². The van der Waals surface area contributed by atoms with E-state index in [-0.39, 0.29) is 0 Å². The Labute approximate surface area is 224 Å². The maximum absolute atomic E-state index is 13.3. The number of fused-ring (bicyclic) bond motifs is 1. The average molecular weight is 536 g/mol. The molecule has 3 heterocycles. The molecule has 202 valence electrons. The summed E-state index contributed by atoms with van der Waals surface area (Å²) in [5.41, 5.74) is 8.59. The number of halogens is 3. The van der Waals surface area contributed by atoms with Crippen molar-refractivity contribution < 1.29 is 17.9 Å². The normalized spacial score (nSPS) is 15.7. The molecule has 0 saturated heterocycles. The van der Waals surface area contributed by atoms with Crippen molar-refractivity contribution in [3.8, 4) is 17.4 Å². The highest BCUT2D eigenvalue weighted by molar-refractivity contribution is 5.63. The van der Waals surface area contributed by atoms with E-state index in [1.54, 1.807) is 23.9 Å². The summed E-state index contributed by atoms with van der Waals surface area (Å²) < 4.78 is 47.1. The summed E-state index contributed by atoms with van der Waals surface area (Å²) in [4.78, 5) is 13.4. The molecule has 2 N–H and O–H groups in total. The highest BCUT2D eigenvalue weighted by Crippen LogP contribution is 2.38. The summed E-state index contributed by atoms with van der Waals surface area (Å²) >= 11 is 0. The molecule has 1 atom stereocenters. The van der Waals surface area contributed by atoms with Crippen LogP contribution in [0.25, 0.3) is 11.5 Å². The van der Waals surface area contributed by atoms with Crippen LogP contribution >= 0.6 is 0 Å². The first kappa shape index (κ1) is 26.1. The van der Waals surface area contributed by atoms with E-state index in [1.807, 2.05) is 48.3 Å². The highest BCUT2D eigenvalue weighted by atomic mass is 19.4. The smallest absolute Gasteiger partial charge is 0.416 e. The third-order valence-corrected chi connectivity index (χ3v) is 6.49. The van der Waals surface area contributed by atoms with E-state index >= 15 is 0 Å². The molecule has 8 nitrogen and oxygen atoms in total. The van der Waals surface area contributed by atoms with Gasteiger partial charge in [-0.05, 0) is 48.9 Å². The second-order valence-electron chi connectivity index (χ2n) is 9.28. The Morgan fingerprint density at radius 1 is 1.03 bits per heavy atom. The van der Waals surface area contributed by atoms with E-state index in [1.165, 1.54) is 19.2 Å². The van der Waals surface area contributed by atoms with Gasteiger partial charge in [0.25, 0.3) is 0 Å². The van der Waals surface area contributed by atoms with Crippen LogP contribution < -0.4 is 20.3 Å². The number of pyridine rings is 1. The molecule has 0 saturated carbocycles. The molecule has 0 aliphatic carbocycles. The number of benzene rings is 2. The quantitative estimate of drug-likeness (QED) is 0.362. The van der Waals surface area contributed by atoms with Gasteiger partial charge in [-0.2, -0.15) is 13.2 Å². The van der Waals surface area contributed by atoms with Crippen molar-refractivity contribution in [2.24, 2.45) is 5.73 Å². The predicted molar refractivity (Wildman–Crippen MR) is 143 cm³/mol. The lowest BCUT2D eigenvalue weighted by Gasteiger charge is -2.37. The zero-order valence-electron chi connectivity index (χ0n) is 21.7. The average Bonchev–Trinajstić information content (AvgIpc) is 3.36. The van der Waals surface area contributed by atoms with Crippen molar-refractivity contribution in [3.63, 3.8) is 0 Å². The van der Waals surface area contributed by atoms with Gasteiger partial charge in [-0.3, -0.25) is 0 Å². The van der Waals surface area contributed by atoms with Gasteiger partial charge >= 0.3 is 6.18 Å². The van der Waals surface area contributed by atoms with Gasteiger partial charge in [0.15, 0.2) is 11.6 Å². The fourth-order valence-corrected chi connectivity index (χ4v) is 4.73. The molecule has 0 fully saturated rings. The molecular weight excluding hydrogens is 507 g/mol. The largest absolute Gasteiger partial charge is 0.479 e. The molecule has 4 aromatic rings. The molecule has 2 aromatic carbocycles. The number of aromatic nitrogens is 4. The molecular formula is C28H28F3N7O. The monoisotopic (exact) mass is 535 g/mol. The minimum absolute atomic E-state index is 0.380. The Bertz CT molecular complexity index is 1480. The van der Waals surface area contributed by atoms with E-state index < -0.39 is 17.8 Å². The van der Waals surface area contributed by atoms with E-state index in [0.29, 0.717) is 53.3 Å². The molecule has 2 aromatic heterocycles. The summed E-state index contributed by atoms with van der Waals surface area (Å²) in [5, 5.41) is 4.72. The minimum Gasteiger partial charge on any atom is -0.479 e. The zero-order valence-corrected chi connectivity index (χ0v) is 21.7. The number of rotatable bonds is 6. The van der Waals surface area contributed by atoms with Gasteiger partial charge in [-0.15, -0.1) is 5.10 Å². The van der Waals surface area contributed by atoms with Crippen molar-refractivity contribution in [2.45, 2.75) is 25.7 Å². The molecule has 1 aliphatic heterocycles. The number of allylic oxidation sites excluding steroid dienone is 1. The maximum Gasteiger partial charge on any atom is 0.416 e. The van der Waals surface area contributed by atoms with Crippen LogP contribution in [-0.4, -0.2) is 40.5 Å².